The second-order valence-corrected chi connectivity index (χ2v) is 8.88. The molecule has 0 saturated carbocycles. The fraction of sp³-hybridized carbons (Fsp3) is 0.708. The summed E-state index contributed by atoms with van der Waals surface area (Å²) in [5, 5.41) is 12.9. The molecule has 2 rings (SSSR count). The molecule has 2 N–H and O–H groups in total. The second kappa shape index (κ2) is 12.6. The first-order valence-electron chi connectivity index (χ1n) is 11.6. The van der Waals surface area contributed by atoms with Crippen molar-refractivity contribution in [2.45, 2.75) is 84.5 Å². The third-order valence-corrected chi connectivity index (χ3v) is 5.84. The molecule has 1 saturated heterocycles. The van der Waals surface area contributed by atoms with Gasteiger partial charge in [-0.1, -0.05) is 33.6 Å². The summed E-state index contributed by atoms with van der Waals surface area (Å²) in [6.07, 6.45) is 5.83. The number of aromatic nitrogens is 1. The Balaban J connectivity index is 2.16. The van der Waals surface area contributed by atoms with Crippen molar-refractivity contribution in [2.24, 2.45) is 11.8 Å². The summed E-state index contributed by atoms with van der Waals surface area (Å²) in [5.41, 5.74) is -0.191. The molecule has 0 spiro atoms. The molecule has 0 radical (unpaired) electrons. The Bertz CT molecular complexity index is 754. The summed E-state index contributed by atoms with van der Waals surface area (Å²) < 4.78 is 16.9. The highest BCUT2D eigenvalue weighted by atomic mass is 16.6. The summed E-state index contributed by atoms with van der Waals surface area (Å²) in [7, 11) is 1.39. The largest absolute Gasteiger partial charge is 0.503 e. The molecule has 180 valence electrons. The zero-order valence-corrected chi connectivity index (χ0v) is 19.9. The summed E-state index contributed by atoms with van der Waals surface area (Å²) in [4.78, 5) is 29.6. The van der Waals surface area contributed by atoms with Crippen LogP contribution in [-0.4, -0.2) is 53.9 Å². The smallest absolute Gasteiger partial charge is 0.329 e. The van der Waals surface area contributed by atoms with Gasteiger partial charge in [0, 0.05) is 18.9 Å². The lowest BCUT2D eigenvalue weighted by atomic mass is 9.86. The van der Waals surface area contributed by atoms with Crippen LogP contribution in [0.25, 0.3) is 0 Å². The minimum atomic E-state index is -0.826. The molecule has 2 heterocycles. The van der Waals surface area contributed by atoms with Gasteiger partial charge in [-0.2, -0.15) is 0 Å². The van der Waals surface area contributed by atoms with Crippen molar-refractivity contribution in [1.82, 2.24) is 10.3 Å². The number of rotatable bonds is 9. The Morgan fingerprint density at radius 1 is 1.38 bits per heavy atom. The Morgan fingerprint density at radius 3 is 2.78 bits per heavy atom. The first kappa shape index (κ1) is 25.9. The van der Waals surface area contributed by atoms with Crippen LogP contribution < -0.4 is 10.1 Å². The van der Waals surface area contributed by atoms with E-state index in [1.807, 2.05) is 6.92 Å². The third kappa shape index (κ3) is 7.08. The van der Waals surface area contributed by atoms with Crippen LogP contribution in [0.1, 0.15) is 76.7 Å². The molecule has 1 aromatic heterocycles. The third-order valence-electron chi connectivity index (χ3n) is 5.84. The maximum Gasteiger partial charge on any atom is 0.329 e. The number of esters is 1. The lowest BCUT2D eigenvalue weighted by molar-refractivity contribution is -0.161. The number of pyridine rings is 1. The first-order chi connectivity index (χ1) is 15.3. The van der Waals surface area contributed by atoms with Gasteiger partial charge >= 0.3 is 5.97 Å². The zero-order chi connectivity index (χ0) is 23.7. The SMILES string of the molecule is CCCOC1C(CCC(C)C)CCCC(NC(=O)c2nccc(OC)c2O)C(=O)OC1C. The Morgan fingerprint density at radius 2 is 2.12 bits per heavy atom. The number of carbonyl (C=O) groups excluding carboxylic acids is 2. The molecular weight excluding hydrogens is 412 g/mol. The summed E-state index contributed by atoms with van der Waals surface area (Å²) in [5.74, 6) is -0.500. The molecular formula is C24H38N2O6. The van der Waals surface area contributed by atoms with E-state index in [-0.39, 0.29) is 29.2 Å². The van der Waals surface area contributed by atoms with Crippen LogP contribution in [0.5, 0.6) is 11.5 Å². The van der Waals surface area contributed by atoms with Gasteiger partial charge in [-0.25, -0.2) is 9.78 Å². The number of nitrogens with one attached hydrogen (secondary N) is 1. The van der Waals surface area contributed by atoms with E-state index in [0.717, 1.165) is 32.1 Å². The minimum absolute atomic E-state index is 0.139. The summed E-state index contributed by atoms with van der Waals surface area (Å²) in [6.45, 7) is 8.94. The number of carbonyl (C=O) groups is 2. The van der Waals surface area contributed by atoms with Gasteiger partial charge in [0.2, 0.25) is 0 Å². The van der Waals surface area contributed by atoms with Crippen molar-refractivity contribution in [2.75, 3.05) is 13.7 Å². The Kier molecular flexibility index (Phi) is 10.2. The fourth-order valence-electron chi connectivity index (χ4n) is 4.09. The molecule has 1 aromatic rings. The fourth-order valence-corrected chi connectivity index (χ4v) is 4.09. The molecule has 1 fully saturated rings. The number of hydrogen-bond donors (Lipinski definition) is 2. The van der Waals surface area contributed by atoms with Crippen LogP contribution in [0.2, 0.25) is 0 Å². The van der Waals surface area contributed by atoms with Crippen molar-refractivity contribution in [3.63, 3.8) is 0 Å². The molecule has 4 unspecified atom stereocenters. The van der Waals surface area contributed by atoms with E-state index < -0.39 is 24.0 Å². The molecule has 1 aliphatic heterocycles. The maximum absolute atomic E-state index is 12.9. The summed E-state index contributed by atoms with van der Waals surface area (Å²) in [6, 6.07) is 0.628. The van der Waals surface area contributed by atoms with Crippen molar-refractivity contribution in [1.29, 1.82) is 0 Å². The van der Waals surface area contributed by atoms with Crippen molar-refractivity contribution in [3.8, 4) is 11.5 Å². The minimum Gasteiger partial charge on any atom is -0.503 e. The standard InChI is InChI=1S/C24H38N2O6/c1-6-14-31-22-16(4)32-24(29)18(9-7-8-17(22)11-10-15(2)3)26-23(28)20-21(27)19(30-5)12-13-25-20/h12-13,15-18,22,27H,6-11,14H2,1-5H3,(H,26,28). The highest BCUT2D eigenvalue weighted by Crippen LogP contribution is 2.30. The molecule has 1 amide bonds. The van der Waals surface area contributed by atoms with Gasteiger partial charge < -0.3 is 24.6 Å². The molecule has 0 aromatic carbocycles. The van der Waals surface area contributed by atoms with Gasteiger partial charge in [0.1, 0.15) is 12.1 Å². The van der Waals surface area contributed by atoms with E-state index in [0.29, 0.717) is 18.9 Å². The number of ether oxygens (including phenoxy) is 3. The van der Waals surface area contributed by atoms with Gasteiger partial charge in [0.15, 0.2) is 17.2 Å². The average molecular weight is 451 g/mol. The van der Waals surface area contributed by atoms with Crippen LogP contribution in [0.3, 0.4) is 0 Å². The van der Waals surface area contributed by atoms with E-state index in [4.69, 9.17) is 14.2 Å². The lowest BCUT2D eigenvalue weighted by Gasteiger charge is -2.31. The van der Waals surface area contributed by atoms with Crippen LogP contribution >= 0.6 is 0 Å². The number of methoxy groups -OCH3 is 1. The van der Waals surface area contributed by atoms with Gasteiger partial charge in [-0.05, 0) is 44.4 Å². The van der Waals surface area contributed by atoms with Crippen molar-refractivity contribution < 1.29 is 28.9 Å². The van der Waals surface area contributed by atoms with Gasteiger partial charge in [-0.15, -0.1) is 0 Å². The van der Waals surface area contributed by atoms with Crippen LogP contribution in [-0.2, 0) is 14.3 Å². The van der Waals surface area contributed by atoms with Crippen molar-refractivity contribution >= 4 is 11.9 Å². The molecule has 8 nitrogen and oxygen atoms in total. The number of hydrogen-bond acceptors (Lipinski definition) is 7. The quantitative estimate of drug-likeness (QED) is 0.550. The molecule has 0 bridgehead atoms. The molecule has 4 atom stereocenters. The highest BCUT2D eigenvalue weighted by molar-refractivity contribution is 5.97. The Hall–Kier alpha value is -2.35. The van der Waals surface area contributed by atoms with E-state index in [1.165, 1.54) is 19.4 Å². The van der Waals surface area contributed by atoms with E-state index in [2.05, 4.69) is 31.1 Å². The number of amides is 1. The highest BCUT2D eigenvalue weighted by Gasteiger charge is 2.35. The second-order valence-electron chi connectivity index (χ2n) is 8.88. The topological polar surface area (TPSA) is 107 Å². The number of nitrogens with zero attached hydrogens (tertiary/aromatic N) is 1. The number of cyclic esters (lactones) is 1. The first-order valence-corrected chi connectivity index (χ1v) is 11.6. The number of aromatic hydroxyl groups is 1. The average Bonchev–Trinajstić information content (AvgIpc) is 2.80. The molecule has 32 heavy (non-hydrogen) atoms. The van der Waals surface area contributed by atoms with Crippen LogP contribution in [0.4, 0.5) is 0 Å². The molecule has 0 aliphatic carbocycles. The normalized spacial score (nSPS) is 24.2. The zero-order valence-electron chi connectivity index (χ0n) is 19.9. The predicted molar refractivity (Wildman–Crippen MR) is 121 cm³/mol. The lowest BCUT2D eigenvalue weighted by Crippen LogP contribution is -2.44. The van der Waals surface area contributed by atoms with Crippen LogP contribution in [0.15, 0.2) is 12.3 Å². The predicted octanol–water partition coefficient (Wildman–Crippen LogP) is 3.86. The monoisotopic (exact) mass is 450 g/mol. The van der Waals surface area contributed by atoms with E-state index in [1.54, 1.807) is 0 Å². The Labute approximate surface area is 191 Å². The maximum atomic E-state index is 12.9. The van der Waals surface area contributed by atoms with Crippen LogP contribution in [0, 0.1) is 11.8 Å². The van der Waals surface area contributed by atoms with E-state index >= 15 is 0 Å². The van der Waals surface area contributed by atoms with Gasteiger partial charge in [0.25, 0.3) is 5.91 Å². The molecule has 1 aliphatic rings. The van der Waals surface area contributed by atoms with Gasteiger partial charge in [-0.3, -0.25) is 4.79 Å². The van der Waals surface area contributed by atoms with Crippen molar-refractivity contribution in [3.05, 3.63) is 18.0 Å². The summed E-state index contributed by atoms with van der Waals surface area (Å²) >= 11 is 0. The van der Waals surface area contributed by atoms with E-state index in [9.17, 15) is 14.7 Å². The van der Waals surface area contributed by atoms with Gasteiger partial charge in [0.05, 0.1) is 13.2 Å². The molecule has 8 heteroatoms.